The summed E-state index contributed by atoms with van der Waals surface area (Å²) >= 11 is 4.78. The first-order valence-electron chi connectivity index (χ1n) is 5.19. The van der Waals surface area contributed by atoms with Gasteiger partial charge in [0.1, 0.15) is 10.7 Å². The molecular weight excluding hydrogens is 266 g/mol. The van der Waals surface area contributed by atoms with Crippen molar-refractivity contribution < 1.29 is 4.79 Å². The molecule has 0 bridgehead atoms. The Morgan fingerprint density at radius 2 is 2.11 bits per heavy atom. The second-order valence-corrected chi connectivity index (χ2v) is 4.00. The molecule has 7 nitrogen and oxygen atoms in total. The number of anilines is 1. The van der Waals surface area contributed by atoms with Gasteiger partial charge in [-0.15, -0.1) is 0 Å². The Kier molecular flexibility index (Phi) is 3.62. The van der Waals surface area contributed by atoms with Gasteiger partial charge in [0, 0.05) is 17.8 Å². The van der Waals surface area contributed by atoms with Crippen LogP contribution in [0.3, 0.4) is 0 Å². The molecule has 1 amide bonds. The zero-order valence-corrected chi connectivity index (χ0v) is 10.4. The molecule has 2 aromatic heterocycles. The Morgan fingerprint density at radius 1 is 1.32 bits per heavy atom. The number of nitrogens with zero attached hydrogens (tertiary/aromatic N) is 2. The van der Waals surface area contributed by atoms with Gasteiger partial charge in [-0.3, -0.25) is 14.6 Å². The summed E-state index contributed by atoms with van der Waals surface area (Å²) in [5.74, 6) is -0.223. The molecule has 0 spiro atoms. The Hall–Kier alpha value is -2.61. The fraction of sp³-hybridized carbons (Fsp3) is 0. The smallest absolute Gasteiger partial charge is 0.275 e. The Morgan fingerprint density at radius 3 is 2.63 bits per heavy atom. The van der Waals surface area contributed by atoms with Gasteiger partial charge in [-0.25, -0.2) is 5.10 Å². The normalized spacial score (nSPS) is 9.89. The number of nitrogens with one attached hydrogen (secondary N) is 2. The number of amides is 1. The second-order valence-electron chi connectivity index (χ2n) is 3.56. The molecule has 4 N–H and O–H groups in total. The van der Waals surface area contributed by atoms with Gasteiger partial charge >= 0.3 is 0 Å². The lowest BCUT2D eigenvalue weighted by atomic mass is 10.2. The van der Waals surface area contributed by atoms with Gasteiger partial charge in [0.15, 0.2) is 5.82 Å². The quantitative estimate of drug-likeness (QED) is 0.682. The van der Waals surface area contributed by atoms with Crippen molar-refractivity contribution in [1.82, 2.24) is 15.2 Å². The molecule has 0 aliphatic carbocycles. The number of nitrogens with two attached hydrogens (primary N) is 1. The Labute approximate surface area is 112 Å². The third kappa shape index (κ3) is 3.19. The van der Waals surface area contributed by atoms with E-state index >= 15 is 0 Å². The SMILES string of the molecule is NC(=S)c1ccc(C(=O)Nc2ccc(=O)[nH]n2)nc1. The summed E-state index contributed by atoms with van der Waals surface area (Å²) in [6.45, 7) is 0. The molecule has 8 heteroatoms. The number of pyridine rings is 1. The Balaban J connectivity index is 2.13. The van der Waals surface area contributed by atoms with E-state index in [-0.39, 0.29) is 22.1 Å². The lowest BCUT2D eigenvalue weighted by Gasteiger charge is -2.03. The van der Waals surface area contributed by atoms with Crippen molar-refractivity contribution in [1.29, 1.82) is 0 Å². The summed E-state index contributed by atoms with van der Waals surface area (Å²) in [6.07, 6.45) is 1.41. The molecule has 19 heavy (non-hydrogen) atoms. The number of carbonyl (C=O) groups excluding carboxylic acids is 1. The van der Waals surface area contributed by atoms with Crippen molar-refractivity contribution in [3.8, 4) is 0 Å². The van der Waals surface area contributed by atoms with Crippen molar-refractivity contribution in [2.75, 3.05) is 5.32 Å². The van der Waals surface area contributed by atoms with Crippen LogP contribution in [-0.2, 0) is 0 Å². The number of aromatic amines is 1. The van der Waals surface area contributed by atoms with Crippen molar-refractivity contribution in [2.24, 2.45) is 5.73 Å². The van der Waals surface area contributed by atoms with Gasteiger partial charge < -0.3 is 11.1 Å². The standard InChI is InChI=1S/C11H9N5O2S/c12-10(19)6-1-2-7(13-5-6)11(18)14-8-3-4-9(17)16-15-8/h1-5H,(H2,12,19)(H,16,17)(H,14,15,18). The largest absolute Gasteiger partial charge is 0.389 e. The van der Waals surface area contributed by atoms with Crippen LogP contribution in [0.2, 0.25) is 0 Å². The van der Waals surface area contributed by atoms with Crippen LogP contribution >= 0.6 is 12.2 Å². The first-order valence-corrected chi connectivity index (χ1v) is 5.60. The van der Waals surface area contributed by atoms with Gasteiger partial charge in [-0.2, -0.15) is 5.10 Å². The van der Waals surface area contributed by atoms with Crippen LogP contribution < -0.4 is 16.6 Å². The molecule has 0 unspecified atom stereocenters. The van der Waals surface area contributed by atoms with Crippen LogP contribution in [0.15, 0.2) is 35.3 Å². The van der Waals surface area contributed by atoms with E-state index < -0.39 is 5.91 Å². The molecule has 0 aliphatic heterocycles. The number of hydrogen-bond donors (Lipinski definition) is 3. The average Bonchev–Trinajstić information content (AvgIpc) is 2.41. The fourth-order valence-electron chi connectivity index (χ4n) is 1.27. The van der Waals surface area contributed by atoms with E-state index in [1.54, 1.807) is 6.07 Å². The van der Waals surface area contributed by atoms with E-state index in [0.717, 1.165) is 0 Å². The minimum atomic E-state index is -0.450. The van der Waals surface area contributed by atoms with E-state index in [4.69, 9.17) is 18.0 Å². The molecule has 96 valence electrons. The topological polar surface area (TPSA) is 114 Å². The van der Waals surface area contributed by atoms with Gasteiger partial charge in [-0.05, 0) is 18.2 Å². The number of rotatable bonds is 3. The molecular formula is C11H9N5O2S. The highest BCUT2D eigenvalue weighted by molar-refractivity contribution is 7.80. The summed E-state index contributed by atoms with van der Waals surface area (Å²) in [4.78, 5) is 26.8. The maximum absolute atomic E-state index is 11.8. The van der Waals surface area contributed by atoms with Crippen LogP contribution in [-0.4, -0.2) is 26.1 Å². The average molecular weight is 275 g/mol. The predicted molar refractivity (Wildman–Crippen MR) is 72.9 cm³/mol. The molecule has 0 aromatic carbocycles. The van der Waals surface area contributed by atoms with Gasteiger partial charge in [0.25, 0.3) is 11.5 Å². The molecule has 0 saturated heterocycles. The van der Waals surface area contributed by atoms with Crippen LogP contribution in [0.5, 0.6) is 0 Å². The van der Waals surface area contributed by atoms with Crippen LogP contribution in [0.25, 0.3) is 0 Å². The van der Waals surface area contributed by atoms with E-state index in [1.165, 1.54) is 24.4 Å². The third-order valence-corrected chi connectivity index (χ3v) is 2.44. The van der Waals surface area contributed by atoms with Crippen molar-refractivity contribution in [2.45, 2.75) is 0 Å². The third-order valence-electron chi connectivity index (χ3n) is 2.20. The van der Waals surface area contributed by atoms with Gasteiger partial charge in [0.05, 0.1) is 0 Å². The maximum Gasteiger partial charge on any atom is 0.275 e. The van der Waals surface area contributed by atoms with Crippen molar-refractivity contribution >= 4 is 28.9 Å². The van der Waals surface area contributed by atoms with Gasteiger partial charge in [0.2, 0.25) is 0 Å². The van der Waals surface area contributed by atoms with E-state index in [2.05, 4.69) is 20.5 Å². The monoisotopic (exact) mass is 275 g/mol. The highest BCUT2D eigenvalue weighted by atomic mass is 32.1. The molecule has 0 atom stereocenters. The first-order chi connectivity index (χ1) is 9.06. The lowest BCUT2D eigenvalue weighted by molar-refractivity contribution is 0.102. The van der Waals surface area contributed by atoms with Gasteiger partial charge in [-0.1, -0.05) is 12.2 Å². The number of thiocarbonyl (C=S) groups is 1. The predicted octanol–water partition coefficient (Wildman–Crippen LogP) is 0.0514. The zero-order valence-electron chi connectivity index (χ0n) is 9.58. The Bertz CT molecular complexity index is 660. The molecule has 0 saturated carbocycles. The first kappa shape index (κ1) is 12.8. The highest BCUT2D eigenvalue weighted by Gasteiger charge is 2.08. The van der Waals surface area contributed by atoms with Crippen LogP contribution in [0.1, 0.15) is 16.1 Å². The molecule has 0 aliphatic rings. The summed E-state index contributed by atoms with van der Waals surface area (Å²) in [6, 6.07) is 5.74. The van der Waals surface area contributed by atoms with E-state index in [9.17, 15) is 9.59 Å². The number of aromatic nitrogens is 3. The number of hydrogen-bond acceptors (Lipinski definition) is 5. The summed E-state index contributed by atoms with van der Waals surface area (Å²) in [7, 11) is 0. The van der Waals surface area contributed by atoms with Crippen molar-refractivity contribution in [3.63, 3.8) is 0 Å². The lowest BCUT2D eigenvalue weighted by Crippen LogP contribution is -2.17. The minimum Gasteiger partial charge on any atom is -0.389 e. The molecule has 2 heterocycles. The highest BCUT2D eigenvalue weighted by Crippen LogP contribution is 2.04. The fourth-order valence-corrected chi connectivity index (χ4v) is 1.39. The summed E-state index contributed by atoms with van der Waals surface area (Å²) in [5.41, 5.74) is 5.84. The summed E-state index contributed by atoms with van der Waals surface area (Å²) < 4.78 is 0. The summed E-state index contributed by atoms with van der Waals surface area (Å²) in [5, 5.41) is 8.35. The minimum absolute atomic E-state index is 0.188. The van der Waals surface area contributed by atoms with Crippen molar-refractivity contribution in [3.05, 3.63) is 52.1 Å². The molecule has 0 fully saturated rings. The zero-order chi connectivity index (χ0) is 13.8. The molecule has 2 rings (SSSR count). The molecule has 2 aromatic rings. The number of carbonyl (C=O) groups is 1. The second kappa shape index (κ2) is 5.36. The van der Waals surface area contributed by atoms with Crippen LogP contribution in [0, 0.1) is 0 Å². The van der Waals surface area contributed by atoms with E-state index in [0.29, 0.717) is 5.56 Å². The maximum atomic E-state index is 11.8. The van der Waals surface area contributed by atoms with Crippen LogP contribution in [0.4, 0.5) is 5.82 Å². The molecule has 0 radical (unpaired) electrons. The number of H-pyrrole nitrogens is 1. The van der Waals surface area contributed by atoms with E-state index in [1.807, 2.05) is 0 Å².